The quantitative estimate of drug-likeness (QED) is 0.659. The first-order valence-electron chi connectivity index (χ1n) is 8.82. The van der Waals surface area contributed by atoms with Gasteiger partial charge in [0.25, 0.3) is 0 Å². The van der Waals surface area contributed by atoms with Crippen molar-refractivity contribution in [3.63, 3.8) is 0 Å². The number of hydrogen-bond donors (Lipinski definition) is 1. The van der Waals surface area contributed by atoms with Crippen LogP contribution in [-0.4, -0.2) is 39.8 Å². The Kier molecular flexibility index (Phi) is 7.32. The van der Waals surface area contributed by atoms with Gasteiger partial charge in [0.05, 0.1) is 18.5 Å². The summed E-state index contributed by atoms with van der Waals surface area (Å²) in [4.78, 5) is 12.5. The molecule has 1 amide bonds. The number of halogens is 1. The first-order chi connectivity index (χ1) is 13.1. The van der Waals surface area contributed by atoms with Gasteiger partial charge in [0.15, 0.2) is 0 Å². The van der Waals surface area contributed by atoms with E-state index in [-0.39, 0.29) is 13.2 Å². The van der Waals surface area contributed by atoms with E-state index in [2.05, 4.69) is 5.32 Å². The highest BCUT2D eigenvalue weighted by molar-refractivity contribution is 7.92. The molecule has 1 N–H and O–H groups in total. The molecule has 2 rings (SSSR count). The molecule has 1 unspecified atom stereocenters. The second-order valence-electron chi connectivity index (χ2n) is 6.62. The minimum absolute atomic E-state index is 0.259. The average molecular weight is 425 g/mol. The van der Waals surface area contributed by atoms with E-state index in [4.69, 9.17) is 16.3 Å². The van der Waals surface area contributed by atoms with Crippen molar-refractivity contribution in [1.29, 1.82) is 0 Å². The average Bonchev–Trinajstić information content (AvgIpc) is 2.62. The summed E-state index contributed by atoms with van der Waals surface area (Å²) in [5.41, 5.74) is 2.47. The summed E-state index contributed by atoms with van der Waals surface area (Å²) in [6, 6.07) is 11.3. The van der Waals surface area contributed by atoms with Crippen LogP contribution in [0.3, 0.4) is 0 Å². The Hall–Kier alpha value is -2.25. The van der Waals surface area contributed by atoms with Crippen molar-refractivity contribution >= 4 is 33.2 Å². The van der Waals surface area contributed by atoms with Gasteiger partial charge >= 0.3 is 0 Å². The van der Waals surface area contributed by atoms with Crippen molar-refractivity contribution in [2.45, 2.75) is 26.8 Å². The second kappa shape index (κ2) is 9.30. The van der Waals surface area contributed by atoms with Crippen LogP contribution in [0.4, 0.5) is 5.69 Å². The maximum atomic E-state index is 12.5. The highest BCUT2D eigenvalue weighted by Crippen LogP contribution is 2.23. The van der Waals surface area contributed by atoms with Gasteiger partial charge in [-0.3, -0.25) is 9.10 Å². The fourth-order valence-corrected chi connectivity index (χ4v) is 4.04. The topological polar surface area (TPSA) is 75.7 Å². The van der Waals surface area contributed by atoms with Gasteiger partial charge in [-0.25, -0.2) is 8.42 Å². The Morgan fingerprint density at radius 1 is 1.18 bits per heavy atom. The van der Waals surface area contributed by atoms with E-state index < -0.39 is 22.0 Å². The molecule has 0 heterocycles. The number of hydrogen-bond acceptors (Lipinski definition) is 4. The number of aryl methyl sites for hydroxylation is 2. The molecule has 0 radical (unpaired) electrons. The summed E-state index contributed by atoms with van der Waals surface area (Å²) in [7, 11) is -3.66. The molecular formula is C20H25ClN2O4S. The van der Waals surface area contributed by atoms with Gasteiger partial charge in [-0.05, 0) is 62.2 Å². The first kappa shape index (κ1) is 22.0. The van der Waals surface area contributed by atoms with E-state index in [1.54, 1.807) is 24.3 Å². The third-order valence-corrected chi connectivity index (χ3v) is 5.67. The van der Waals surface area contributed by atoms with Crippen LogP contribution in [0.1, 0.15) is 18.1 Å². The predicted molar refractivity (Wildman–Crippen MR) is 113 cm³/mol. The molecule has 0 fully saturated rings. The third-order valence-electron chi connectivity index (χ3n) is 4.17. The van der Waals surface area contributed by atoms with Gasteiger partial charge in [0.1, 0.15) is 18.4 Å². The van der Waals surface area contributed by atoms with Crippen molar-refractivity contribution in [3.05, 3.63) is 58.6 Å². The number of sulfonamides is 1. The summed E-state index contributed by atoms with van der Waals surface area (Å²) < 4.78 is 31.3. The Morgan fingerprint density at radius 3 is 2.43 bits per heavy atom. The number of nitrogens with zero attached hydrogens (tertiary/aromatic N) is 1. The standard InChI is InChI=1S/C20H25ClN2O4S/c1-14-5-6-15(2)19(13-14)27-12-11-22-20(24)16(3)23(28(4,25)26)18-9-7-17(21)8-10-18/h5-10,13,16H,11-12H2,1-4H3,(H,22,24). The zero-order valence-electron chi connectivity index (χ0n) is 16.4. The predicted octanol–water partition coefficient (Wildman–Crippen LogP) is 3.31. The van der Waals surface area contributed by atoms with E-state index >= 15 is 0 Å². The molecular weight excluding hydrogens is 400 g/mol. The summed E-state index contributed by atoms with van der Waals surface area (Å²) in [5.74, 6) is 0.353. The Balaban J connectivity index is 1.99. The lowest BCUT2D eigenvalue weighted by atomic mass is 10.1. The first-order valence-corrected chi connectivity index (χ1v) is 11.0. The van der Waals surface area contributed by atoms with Gasteiger partial charge in [-0.1, -0.05) is 23.7 Å². The molecule has 2 aromatic rings. The molecule has 0 bridgehead atoms. The van der Waals surface area contributed by atoms with Crippen LogP contribution in [-0.2, 0) is 14.8 Å². The number of nitrogens with one attached hydrogen (secondary N) is 1. The lowest BCUT2D eigenvalue weighted by Gasteiger charge is -2.28. The number of ether oxygens (including phenoxy) is 1. The van der Waals surface area contributed by atoms with Crippen molar-refractivity contribution in [2.24, 2.45) is 0 Å². The van der Waals surface area contributed by atoms with Gasteiger partial charge < -0.3 is 10.1 Å². The second-order valence-corrected chi connectivity index (χ2v) is 8.92. The van der Waals surface area contributed by atoms with E-state index in [1.807, 2.05) is 32.0 Å². The van der Waals surface area contributed by atoms with Crippen LogP contribution in [0, 0.1) is 13.8 Å². The molecule has 0 aromatic heterocycles. The van der Waals surface area contributed by atoms with Crippen LogP contribution in [0.2, 0.25) is 5.02 Å². The molecule has 6 nitrogen and oxygen atoms in total. The van der Waals surface area contributed by atoms with Crippen molar-refractivity contribution < 1.29 is 17.9 Å². The Morgan fingerprint density at radius 2 is 1.82 bits per heavy atom. The normalized spacial score (nSPS) is 12.3. The summed E-state index contributed by atoms with van der Waals surface area (Å²) in [6.07, 6.45) is 1.06. The number of anilines is 1. The number of carbonyl (C=O) groups excluding carboxylic acids is 1. The highest BCUT2D eigenvalue weighted by atomic mass is 35.5. The smallest absolute Gasteiger partial charge is 0.243 e. The molecule has 152 valence electrons. The molecule has 0 aliphatic heterocycles. The summed E-state index contributed by atoms with van der Waals surface area (Å²) >= 11 is 5.87. The molecule has 0 saturated carbocycles. The molecule has 28 heavy (non-hydrogen) atoms. The molecule has 0 aliphatic carbocycles. The maximum absolute atomic E-state index is 12.5. The van der Waals surface area contributed by atoms with E-state index in [0.29, 0.717) is 10.7 Å². The van der Waals surface area contributed by atoms with Crippen LogP contribution in [0.25, 0.3) is 0 Å². The monoisotopic (exact) mass is 424 g/mol. The lowest BCUT2D eigenvalue weighted by Crippen LogP contribution is -2.48. The number of amides is 1. The molecule has 8 heteroatoms. The molecule has 1 atom stereocenters. The van der Waals surface area contributed by atoms with Crippen molar-refractivity contribution in [1.82, 2.24) is 5.32 Å². The lowest BCUT2D eigenvalue weighted by molar-refractivity contribution is -0.121. The minimum atomic E-state index is -3.66. The van der Waals surface area contributed by atoms with Crippen LogP contribution >= 0.6 is 11.6 Å². The summed E-state index contributed by atoms with van der Waals surface area (Å²) in [5, 5.41) is 3.21. The SMILES string of the molecule is Cc1ccc(C)c(OCCNC(=O)C(C)N(c2ccc(Cl)cc2)S(C)(=O)=O)c1. The zero-order valence-corrected chi connectivity index (χ0v) is 18.0. The van der Waals surface area contributed by atoms with Crippen molar-refractivity contribution in [3.8, 4) is 5.75 Å². The van der Waals surface area contributed by atoms with E-state index in [1.165, 1.54) is 6.92 Å². The molecule has 0 spiro atoms. The fourth-order valence-electron chi connectivity index (χ4n) is 2.74. The Bertz CT molecular complexity index is 930. The van der Waals surface area contributed by atoms with Crippen molar-refractivity contribution in [2.75, 3.05) is 23.7 Å². The fraction of sp³-hybridized carbons (Fsp3) is 0.350. The van der Waals surface area contributed by atoms with Crippen LogP contribution < -0.4 is 14.4 Å². The number of rotatable bonds is 8. The van der Waals surface area contributed by atoms with Crippen LogP contribution in [0.15, 0.2) is 42.5 Å². The Labute approximate surface area is 171 Å². The summed E-state index contributed by atoms with van der Waals surface area (Å²) in [6.45, 7) is 6.01. The van der Waals surface area contributed by atoms with Gasteiger partial charge in [0.2, 0.25) is 15.9 Å². The third kappa shape index (κ3) is 5.87. The number of benzene rings is 2. The maximum Gasteiger partial charge on any atom is 0.243 e. The molecule has 0 aliphatic rings. The number of carbonyl (C=O) groups is 1. The van der Waals surface area contributed by atoms with E-state index in [0.717, 1.165) is 27.4 Å². The van der Waals surface area contributed by atoms with Gasteiger partial charge in [-0.2, -0.15) is 0 Å². The van der Waals surface area contributed by atoms with Crippen LogP contribution in [0.5, 0.6) is 5.75 Å². The minimum Gasteiger partial charge on any atom is -0.491 e. The van der Waals surface area contributed by atoms with Gasteiger partial charge in [0, 0.05) is 5.02 Å². The molecule has 2 aromatic carbocycles. The van der Waals surface area contributed by atoms with Gasteiger partial charge in [-0.15, -0.1) is 0 Å². The molecule has 0 saturated heterocycles. The largest absolute Gasteiger partial charge is 0.491 e. The highest BCUT2D eigenvalue weighted by Gasteiger charge is 2.28. The van der Waals surface area contributed by atoms with E-state index in [9.17, 15) is 13.2 Å². The zero-order chi connectivity index (χ0) is 20.9.